The van der Waals surface area contributed by atoms with Crippen molar-refractivity contribution in [2.45, 2.75) is 81.4 Å². The van der Waals surface area contributed by atoms with Gasteiger partial charge in [-0.15, -0.1) is 13.2 Å². The number of carbonyl (C=O) groups is 4. The average Bonchev–Trinajstić information content (AvgIpc) is 3.79. The lowest BCUT2D eigenvalue weighted by atomic mass is 9.70. The summed E-state index contributed by atoms with van der Waals surface area (Å²) < 4.78 is 18.5. The van der Waals surface area contributed by atoms with Gasteiger partial charge in [0.25, 0.3) is 0 Å². The van der Waals surface area contributed by atoms with Crippen LogP contribution in [0, 0.1) is 11.8 Å². The minimum Gasteiger partial charge on any atom is -0.455 e. The number of nitrogens with one attached hydrogen (secondary N) is 1. The number of likely N-dealkylation sites (tertiary alicyclic amines) is 1. The molecule has 1 spiro atoms. The molecular formula is C40H51N3O8. The van der Waals surface area contributed by atoms with Gasteiger partial charge in [-0.2, -0.15) is 0 Å². The number of hydrogen-bond acceptors (Lipinski definition) is 8. The summed E-state index contributed by atoms with van der Waals surface area (Å²) in [7, 11) is 1.51. The lowest BCUT2D eigenvalue weighted by Gasteiger charge is -2.37. The Balaban J connectivity index is 1.46. The molecule has 2 N–H and O–H groups in total. The fraction of sp³-hybridized carbons (Fsp3) is 0.500. The van der Waals surface area contributed by atoms with Crippen molar-refractivity contribution in [2.75, 3.05) is 33.4 Å². The summed E-state index contributed by atoms with van der Waals surface area (Å²) in [5, 5.41) is 12.4. The van der Waals surface area contributed by atoms with Crippen molar-refractivity contribution in [1.29, 1.82) is 0 Å². The Kier molecular flexibility index (Phi) is 13.2. The zero-order valence-corrected chi connectivity index (χ0v) is 29.5. The predicted molar refractivity (Wildman–Crippen MR) is 191 cm³/mol. The van der Waals surface area contributed by atoms with Gasteiger partial charge in [-0.3, -0.25) is 19.2 Å². The first-order valence-electron chi connectivity index (χ1n) is 18.0. The lowest BCUT2D eigenvalue weighted by molar-refractivity contribution is -0.163. The highest BCUT2D eigenvalue weighted by Crippen LogP contribution is 2.59. The molecule has 0 radical (unpaired) electrons. The van der Waals surface area contributed by atoms with Crippen LogP contribution in [0.2, 0.25) is 0 Å². The van der Waals surface area contributed by atoms with E-state index in [0.29, 0.717) is 50.6 Å². The Hall–Kier alpha value is -4.32. The van der Waals surface area contributed by atoms with Crippen molar-refractivity contribution in [3.8, 4) is 0 Å². The third-order valence-corrected chi connectivity index (χ3v) is 10.2. The van der Waals surface area contributed by atoms with Crippen LogP contribution in [0.1, 0.15) is 62.2 Å². The highest BCUT2D eigenvalue weighted by atomic mass is 16.6. The first-order valence-corrected chi connectivity index (χ1v) is 18.0. The van der Waals surface area contributed by atoms with Crippen molar-refractivity contribution in [2.24, 2.45) is 11.8 Å². The molecule has 0 aliphatic carbocycles. The summed E-state index contributed by atoms with van der Waals surface area (Å²) in [5.74, 6) is -3.27. The largest absolute Gasteiger partial charge is 0.455 e. The monoisotopic (exact) mass is 701 g/mol. The van der Waals surface area contributed by atoms with Gasteiger partial charge in [-0.05, 0) is 49.7 Å². The summed E-state index contributed by atoms with van der Waals surface area (Å²) in [5.41, 5.74) is 0.392. The van der Waals surface area contributed by atoms with E-state index in [9.17, 15) is 24.3 Å². The fourth-order valence-electron chi connectivity index (χ4n) is 8.00. The standard InChI is InChI=1S/C40H51N3O8/c1-4-6-20-32(45)41-30(27-49-3)35(29-18-12-8-13-19-29)50-39(48)33-31-21-22-40(51-31)34(33)37(46)43(24-14-9-15-25-44)36(40)38(47)42(23-5-2)26-28-16-10-7-11-17-28/h4-5,7-8,10-13,16-19,30-31,33-36,44H,1-2,6,9,14-15,20-27H2,3H3,(H,41,45)/t30-,31+,33-,34-,35-,36+,40-/m0/s1. The van der Waals surface area contributed by atoms with E-state index in [1.165, 1.54) is 7.11 Å². The number of amides is 3. The Morgan fingerprint density at radius 3 is 2.47 bits per heavy atom. The van der Waals surface area contributed by atoms with Crippen LogP contribution in [0.5, 0.6) is 0 Å². The minimum absolute atomic E-state index is 0.0348. The molecule has 5 rings (SSSR count). The number of hydrogen-bond donors (Lipinski definition) is 2. The number of methoxy groups -OCH3 is 1. The molecule has 3 aliphatic heterocycles. The molecule has 2 aromatic carbocycles. The van der Waals surface area contributed by atoms with E-state index < -0.39 is 47.7 Å². The van der Waals surface area contributed by atoms with Gasteiger partial charge in [-0.1, -0.05) is 72.8 Å². The number of aliphatic hydroxyl groups is 1. The molecule has 11 heteroatoms. The number of unbranched alkanes of at least 4 members (excludes halogenated alkanes) is 2. The molecule has 0 unspecified atom stereocenters. The zero-order valence-electron chi connectivity index (χ0n) is 29.5. The van der Waals surface area contributed by atoms with E-state index >= 15 is 0 Å². The highest BCUT2D eigenvalue weighted by molar-refractivity contribution is 5.98. The van der Waals surface area contributed by atoms with Crippen LogP contribution in [0.15, 0.2) is 86.0 Å². The molecule has 51 heavy (non-hydrogen) atoms. The maximum absolute atomic E-state index is 14.7. The molecular weight excluding hydrogens is 650 g/mol. The second kappa shape index (κ2) is 17.7. The van der Waals surface area contributed by atoms with Crippen LogP contribution in [0.25, 0.3) is 0 Å². The maximum Gasteiger partial charge on any atom is 0.313 e. The lowest BCUT2D eigenvalue weighted by Crippen LogP contribution is -2.56. The van der Waals surface area contributed by atoms with Gasteiger partial charge in [0.2, 0.25) is 17.7 Å². The Bertz CT molecular complexity index is 1520. The number of aliphatic hydroxyl groups excluding tert-OH is 1. The summed E-state index contributed by atoms with van der Waals surface area (Å²) in [6, 6.07) is 17.1. The molecule has 3 heterocycles. The van der Waals surface area contributed by atoms with Crippen molar-refractivity contribution in [3.05, 3.63) is 97.1 Å². The van der Waals surface area contributed by atoms with E-state index in [-0.39, 0.29) is 50.4 Å². The molecule has 2 aromatic rings. The SMILES string of the molecule is C=CCCC(=O)N[C@@H](COC)[C@@H](OC(=O)[C@@H]1[C@H]2C(=O)N(CCCCCO)[C@H](C(=O)N(CC=C)Cc3ccccc3)[C@]23CC[C@H]1O3)c1ccccc1. The van der Waals surface area contributed by atoms with Crippen molar-refractivity contribution in [3.63, 3.8) is 0 Å². The number of ether oxygens (including phenoxy) is 3. The molecule has 3 amide bonds. The van der Waals surface area contributed by atoms with Crippen molar-refractivity contribution >= 4 is 23.7 Å². The summed E-state index contributed by atoms with van der Waals surface area (Å²) in [6.45, 7) is 8.56. The fourth-order valence-corrected chi connectivity index (χ4v) is 8.00. The summed E-state index contributed by atoms with van der Waals surface area (Å²) >= 11 is 0. The van der Waals surface area contributed by atoms with E-state index in [2.05, 4.69) is 18.5 Å². The number of benzene rings is 2. The molecule has 2 bridgehead atoms. The molecule has 3 fully saturated rings. The second-order valence-corrected chi connectivity index (χ2v) is 13.6. The van der Waals surface area contributed by atoms with Crippen molar-refractivity contribution < 1.29 is 38.5 Å². The van der Waals surface area contributed by atoms with E-state index in [0.717, 1.165) is 5.56 Å². The van der Waals surface area contributed by atoms with Crippen LogP contribution >= 0.6 is 0 Å². The van der Waals surface area contributed by atoms with Crippen LogP contribution in [0.4, 0.5) is 0 Å². The zero-order chi connectivity index (χ0) is 36.4. The van der Waals surface area contributed by atoms with Crippen LogP contribution in [-0.2, 0) is 39.9 Å². The third-order valence-electron chi connectivity index (χ3n) is 10.2. The Labute approximate surface area is 300 Å². The van der Waals surface area contributed by atoms with Gasteiger partial charge in [0.05, 0.1) is 30.6 Å². The molecule has 11 nitrogen and oxygen atoms in total. The van der Waals surface area contributed by atoms with E-state index in [1.807, 2.05) is 60.7 Å². The Morgan fingerprint density at radius 1 is 1.08 bits per heavy atom. The topological polar surface area (TPSA) is 135 Å². The third kappa shape index (κ3) is 8.27. The summed E-state index contributed by atoms with van der Waals surface area (Å²) in [4.78, 5) is 59.8. The van der Waals surface area contributed by atoms with Crippen LogP contribution in [-0.4, -0.2) is 95.8 Å². The van der Waals surface area contributed by atoms with Crippen LogP contribution in [0.3, 0.4) is 0 Å². The number of carbonyl (C=O) groups excluding carboxylic acids is 4. The molecule has 0 saturated carbocycles. The van der Waals surface area contributed by atoms with Gasteiger partial charge in [0, 0.05) is 39.8 Å². The number of fused-ring (bicyclic) bond motifs is 1. The van der Waals surface area contributed by atoms with Gasteiger partial charge in [0.1, 0.15) is 17.7 Å². The summed E-state index contributed by atoms with van der Waals surface area (Å²) in [6.07, 6.45) is 5.27. The van der Waals surface area contributed by atoms with Gasteiger partial charge in [-0.25, -0.2) is 0 Å². The van der Waals surface area contributed by atoms with Crippen molar-refractivity contribution in [1.82, 2.24) is 15.1 Å². The molecule has 7 atom stereocenters. The molecule has 274 valence electrons. The van der Waals surface area contributed by atoms with Gasteiger partial charge in [0.15, 0.2) is 0 Å². The highest BCUT2D eigenvalue weighted by Gasteiger charge is 2.75. The number of rotatable bonds is 20. The van der Waals surface area contributed by atoms with E-state index in [4.69, 9.17) is 14.2 Å². The number of nitrogens with zero attached hydrogens (tertiary/aromatic N) is 2. The molecule has 0 aromatic heterocycles. The Morgan fingerprint density at radius 2 is 1.80 bits per heavy atom. The second-order valence-electron chi connectivity index (χ2n) is 13.6. The minimum atomic E-state index is -1.21. The first kappa shape index (κ1) is 37.9. The van der Waals surface area contributed by atoms with E-state index in [1.54, 1.807) is 22.0 Å². The van der Waals surface area contributed by atoms with Gasteiger partial charge < -0.3 is 34.4 Å². The van der Waals surface area contributed by atoms with Gasteiger partial charge >= 0.3 is 5.97 Å². The smallest absolute Gasteiger partial charge is 0.313 e. The normalized spacial score (nSPS) is 24.4. The number of allylic oxidation sites excluding steroid dienone is 1. The maximum atomic E-state index is 14.7. The van der Waals surface area contributed by atoms with Crippen LogP contribution < -0.4 is 5.32 Å². The first-order chi connectivity index (χ1) is 24.8. The quantitative estimate of drug-likeness (QED) is 0.120. The molecule has 3 aliphatic rings. The predicted octanol–water partition coefficient (Wildman–Crippen LogP) is 4.12. The molecule has 3 saturated heterocycles. The average molecular weight is 702 g/mol. The number of esters is 1.